The summed E-state index contributed by atoms with van der Waals surface area (Å²) in [5.74, 6) is 0.145. The Bertz CT molecular complexity index is 387. The van der Waals surface area contributed by atoms with E-state index in [0.717, 1.165) is 31.7 Å². The first kappa shape index (κ1) is 13.9. The second-order valence-electron chi connectivity index (χ2n) is 3.65. The predicted molar refractivity (Wildman–Crippen MR) is 64.0 cm³/mol. The maximum atomic E-state index is 11.9. The molecule has 7 nitrogen and oxygen atoms in total. The van der Waals surface area contributed by atoms with Gasteiger partial charge >= 0.3 is 0 Å². The van der Waals surface area contributed by atoms with Gasteiger partial charge in [-0.25, -0.2) is 0 Å². The minimum Gasteiger partial charge on any atom is -0.336 e. The molecule has 0 unspecified atom stereocenters. The highest BCUT2D eigenvalue weighted by atomic mass is 16.9. The van der Waals surface area contributed by atoms with Crippen molar-refractivity contribution in [3.63, 3.8) is 0 Å². The number of hydrogen-bond donors (Lipinski definition) is 2. The summed E-state index contributed by atoms with van der Waals surface area (Å²) in [4.78, 5) is 22.2. The molecular weight excluding hydrogens is 238 g/mol. The third-order valence-corrected chi connectivity index (χ3v) is 2.42. The lowest BCUT2D eigenvalue weighted by Crippen LogP contribution is -2.46. The van der Waals surface area contributed by atoms with Crippen molar-refractivity contribution >= 4 is 5.91 Å². The Labute approximate surface area is 104 Å². The number of rotatable bonds is 1. The zero-order valence-electron chi connectivity index (χ0n) is 9.78. The third-order valence-electron chi connectivity index (χ3n) is 2.42. The molecule has 1 fully saturated rings. The molecule has 18 heavy (non-hydrogen) atoms. The minimum absolute atomic E-state index is 0.145. The van der Waals surface area contributed by atoms with Crippen LogP contribution in [-0.2, 0) is 0 Å². The molecule has 1 aliphatic heterocycles. The molecule has 1 aromatic rings. The van der Waals surface area contributed by atoms with E-state index in [0.29, 0.717) is 0 Å². The Hall–Kier alpha value is -2.15. The van der Waals surface area contributed by atoms with Crippen LogP contribution in [0.3, 0.4) is 0 Å². The summed E-state index contributed by atoms with van der Waals surface area (Å²) in [6.45, 7) is 3.43. The Morgan fingerprint density at radius 3 is 2.28 bits per heavy atom. The van der Waals surface area contributed by atoms with E-state index in [2.05, 4.69) is 5.32 Å². The van der Waals surface area contributed by atoms with Crippen LogP contribution in [0.2, 0.25) is 0 Å². The number of nitrogens with zero attached hydrogens (tertiary/aromatic N) is 2. The number of benzene rings is 1. The predicted octanol–water partition coefficient (Wildman–Crippen LogP) is 0.384. The zero-order valence-corrected chi connectivity index (χ0v) is 9.78. The molecule has 0 aromatic heterocycles. The molecule has 1 aliphatic rings. The van der Waals surface area contributed by atoms with Crippen LogP contribution in [0.4, 0.5) is 0 Å². The van der Waals surface area contributed by atoms with Gasteiger partial charge in [0.25, 0.3) is 11.0 Å². The molecule has 0 spiro atoms. The van der Waals surface area contributed by atoms with E-state index in [-0.39, 0.29) is 5.91 Å². The van der Waals surface area contributed by atoms with Crippen molar-refractivity contribution in [2.45, 2.75) is 0 Å². The largest absolute Gasteiger partial charge is 0.336 e. The fraction of sp³-hybridized carbons (Fsp3) is 0.364. The van der Waals surface area contributed by atoms with E-state index in [1.807, 2.05) is 35.2 Å². The Balaban J connectivity index is 0.000000357. The molecule has 0 bridgehead atoms. The average Bonchev–Trinajstić information content (AvgIpc) is 2.39. The maximum absolute atomic E-state index is 11.9. The number of carbonyl (C=O) groups excluding carboxylic acids is 1. The van der Waals surface area contributed by atoms with E-state index in [4.69, 9.17) is 15.3 Å². The zero-order chi connectivity index (χ0) is 13.4. The van der Waals surface area contributed by atoms with Crippen LogP contribution in [-0.4, -0.2) is 47.3 Å². The van der Waals surface area contributed by atoms with E-state index >= 15 is 0 Å². The fourth-order valence-corrected chi connectivity index (χ4v) is 1.63. The first-order chi connectivity index (χ1) is 8.61. The Morgan fingerprint density at radius 1 is 1.28 bits per heavy atom. The SMILES string of the molecule is O=C(c1ccccc1)N1CCNCC1.O=[N+]([O-])O. The number of hydrogen-bond acceptors (Lipinski definition) is 4. The highest BCUT2D eigenvalue weighted by molar-refractivity contribution is 5.94. The van der Waals surface area contributed by atoms with Gasteiger partial charge in [0.1, 0.15) is 0 Å². The van der Waals surface area contributed by atoms with Gasteiger partial charge in [-0.05, 0) is 12.1 Å². The highest BCUT2D eigenvalue weighted by Crippen LogP contribution is 2.05. The van der Waals surface area contributed by atoms with Crippen LogP contribution in [0.1, 0.15) is 10.4 Å². The van der Waals surface area contributed by atoms with Gasteiger partial charge in [0.2, 0.25) is 0 Å². The second kappa shape index (κ2) is 7.23. The number of carbonyl (C=O) groups is 1. The van der Waals surface area contributed by atoms with Crippen molar-refractivity contribution < 1.29 is 15.1 Å². The first-order valence-corrected chi connectivity index (χ1v) is 5.49. The van der Waals surface area contributed by atoms with Crippen molar-refractivity contribution in [3.05, 3.63) is 46.0 Å². The average molecular weight is 253 g/mol. The van der Waals surface area contributed by atoms with Gasteiger partial charge in [-0.2, -0.15) is 0 Å². The molecule has 1 heterocycles. The molecule has 7 heteroatoms. The van der Waals surface area contributed by atoms with Crippen molar-refractivity contribution in [2.75, 3.05) is 26.2 Å². The van der Waals surface area contributed by atoms with E-state index in [9.17, 15) is 4.79 Å². The molecule has 0 radical (unpaired) electrons. The molecule has 1 amide bonds. The van der Waals surface area contributed by atoms with E-state index in [1.165, 1.54) is 0 Å². The fourth-order valence-electron chi connectivity index (χ4n) is 1.63. The van der Waals surface area contributed by atoms with Crippen molar-refractivity contribution in [1.82, 2.24) is 10.2 Å². The van der Waals surface area contributed by atoms with Gasteiger partial charge in [-0.1, -0.05) is 18.2 Å². The van der Waals surface area contributed by atoms with Crippen LogP contribution in [0, 0.1) is 10.1 Å². The lowest BCUT2D eigenvalue weighted by Gasteiger charge is -2.27. The van der Waals surface area contributed by atoms with E-state index in [1.54, 1.807) is 0 Å². The molecule has 1 saturated heterocycles. The lowest BCUT2D eigenvalue weighted by molar-refractivity contribution is -0.742. The van der Waals surface area contributed by atoms with Crippen LogP contribution in [0.15, 0.2) is 30.3 Å². The standard InChI is InChI=1S/C11H14N2O.HNO3/c14-11(10-4-2-1-3-5-10)13-8-6-12-7-9-13;2-1(3)4/h1-5,12H,6-9H2;(H,2,3,4). The lowest BCUT2D eigenvalue weighted by atomic mass is 10.2. The summed E-state index contributed by atoms with van der Waals surface area (Å²) in [6, 6.07) is 9.45. The monoisotopic (exact) mass is 253 g/mol. The van der Waals surface area contributed by atoms with Gasteiger partial charge < -0.3 is 15.4 Å². The minimum atomic E-state index is -1.50. The maximum Gasteiger partial charge on any atom is 0.291 e. The van der Waals surface area contributed by atoms with Crippen LogP contribution in [0.5, 0.6) is 0 Å². The van der Waals surface area contributed by atoms with Crippen LogP contribution >= 0.6 is 0 Å². The normalized spacial score (nSPS) is 14.3. The van der Waals surface area contributed by atoms with Gasteiger partial charge in [0.15, 0.2) is 0 Å². The summed E-state index contributed by atoms with van der Waals surface area (Å²) in [6.07, 6.45) is 0. The van der Waals surface area contributed by atoms with Crippen molar-refractivity contribution in [3.8, 4) is 0 Å². The summed E-state index contributed by atoms with van der Waals surface area (Å²) in [5.41, 5.74) is 0.786. The summed E-state index contributed by atoms with van der Waals surface area (Å²) >= 11 is 0. The molecular formula is C11H15N3O4. The number of piperazine rings is 1. The van der Waals surface area contributed by atoms with Gasteiger partial charge in [0, 0.05) is 31.7 Å². The van der Waals surface area contributed by atoms with Crippen molar-refractivity contribution in [2.24, 2.45) is 0 Å². The summed E-state index contributed by atoms with van der Waals surface area (Å²) in [5, 5.41) is 16.9. The molecule has 98 valence electrons. The summed E-state index contributed by atoms with van der Waals surface area (Å²) in [7, 11) is 0. The Kier molecular flexibility index (Phi) is 5.59. The summed E-state index contributed by atoms with van der Waals surface area (Å²) < 4.78 is 0. The molecule has 0 atom stereocenters. The molecule has 2 N–H and O–H groups in total. The van der Waals surface area contributed by atoms with Crippen LogP contribution in [0.25, 0.3) is 0 Å². The van der Waals surface area contributed by atoms with E-state index < -0.39 is 5.09 Å². The topological polar surface area (TPSA) is 95.7 Å². The van der Waals surface area contributed by atoms with Crippen LogP contribution < -0.4 is 5.32 Å². The third kappa shape index (κ3) is 4.79. The second-order valence-corrected chi connectivity index (χ2v) is 3.65. The molecule has 1 aromatic carbocycles. The van der Waals surface area contributed by atoms with Gasteiger partial charge in [-0.15, -0.1) is 10.1 Å². The van der Waals surface area contributed by atoms with Gasteiger partial charge in [0.05, 0.1) is 0 Å². The van der Waals surface area contributed by atoms with Gasteiger partial charge in [-0.3, -0.25) is 4.79 Å². The number of amides is 1. The quantitative estimate of drug-likeness (QED) is 0.557. The van der Waals surface area contributed by atoms with Crippen molar-refractivity contribution in [1.29, 1.82) is 0 Å². The molecule has 0 saturated carbocycles. The molecule has 2 rings (SSSR count). The molecule has 0 aliphatic carbocycles. The number of nitrogens with one attached hydrogen (secondary N) is 1. The highest BCUT2D eigenvalue weighted by Gasteiger charge is 2.16. The smallest absolute Gasteiger partial charge is 0.291 e. The Morgan fingerprint density at radius 2 is 1.78 bits per heavy atom. The first-order valence-electron chi connectivity index (χ1n) is 5.49.